The molecular formula is C16H17BrClN. The molecular weight excluding hydrogens is 322 g/mol. The van der Waals surface area contributed by atoms with Crippen LogP contribution in [0.25, 0.3) is 0 Å². The fourth-order valence-corrected chi connectivity index (χ4v) is 2.69. The average Bonchev–Trinajstić information content (AvgIpc) is 2.39. The maximum Gasteiger partial charge on any atom is 0.0511 e. The Kier molecular flexibility index (Phi) is 4.89. The van der Waals surface area contributed by atoms with Crippen LogP contribution in [0, 0.1) is 6.92 Å². The Balaban J connectivity index is 2.21. The Morgan fingerprint density at radius 2 is 1.84 bits per heavy atom. The van der Waals surface area contributed by atoms with Crippen molar-refractivity contribution in [3.8, 4) is 0 Å². The lowest BCUT2D eigenvalue weighted by Crippen LogP contribution is -2.10. The molecule has 1 nitrogen and oxygen atoms in total. The van der Waals surface area contributed by atoms with E-state index in [0.29, 0.717) is 6.04 Å². The summed E-state index contributed by atoms with van der Waals surface area (Å²) in [5.74, 6) is 0. The van der Waals surface area contributed by atoms with Crippen LogP contribution in [0.15, 0.2) is 46.9 Å². The molecule has 0 heterocycles. The van der Waals surface area contributed by atoms with E-state index < -0.39 is 0 Å². The van der Waals surface area contributed by atoms with Gasteiger partial charge in [-0.15, -0.1) is 0 Å². The maximum atomic E-state index is 5.94. The van der Waals surface area contributed by atoms with Crippen molar-refractivity contribution in [1.29, 1.82) is 0 Å². The monoisotopic (exact) mass is 337 g/mol. The van der Waals surface area contributed by atoms with Crippen LogP contribution in [0.4, 0.5) is 5.69 Å². The van der Waals surface area contributed by atoms with Gasteiger partial charge in [0, 0.05) is 15.2 Å². The minimum Gasteiger partial charge on any atom is -0.378 e. The number of hydrogen-bond donors (Lipinski definition) is 1. The first-order valence-electron chi connectivity index (χ1n) is 6.38. The molecule has 0 saturated heterocycles. The molecule has 19 heavy (non-hydrogen) atoms. The van der Waals surface area contributed by atoms with Gasteiger partial charge in [0.25, 0.3) is 0 Å². The third-order valence-corrected chi connectivity index (χ3v) is 3.94. The third kappa shape index (κ3) is 3.74. The Hall–Kier alpha value is -0.990. The minimum atomic E-state index is 0.303. The summed E-state index contributed by atoms with van der Waals surface area (Å²) in [7, 11) is 0. The second kappa shape index (κ2) is 6.44. The van der Waals surface area contributed by atoms with E-state index >= 15 is 0 Å². The summed E-state index contributed by atoms with van der Waals surface area (Å²) in [4.78, 5) is 0. The van der Waals surface area contributed by atoms with Crippen molar-refractivity contribution in [2.45, 2.75) is 26.3 Å². The van der Waals surface area contributed by atoms with E-state index in [4.69, 9.17) is 11.6 Å². The zero-order valence-electron chi connectivity index (χ0n) is 11.1. The van der Waals surface area contributed by atoms with E-state index in [1.165, 1.54) is 16.8 Å². The third-order valence-electron chi connectivity index (χ3n) is 3.20. The predicted octanol–water partition coefficient (Wildman–Crippen LogP) is 5.97. The van der Waals surface area contributed by atoms with Crippen LogP contribution in [-0.2, 0) is 0 Å². The van der Waals surface area contributed by atoms with Gasteiger partial charge < -0.3 is 5.32 Å². The fraction of sp³-hybridized carbons (Fsp3) is 0.250. The molecule has 1 atom stereocenters. The quantitative estimate of drug-likeness (QED) is 0.723. The molecule has 2 aromatic carbocycles. The molecule has 0 saturated carbocycles. The lowest BCUT2D eigenvalue weighted by atomic mass is 10.0. The molecule has 0 aliphatic rings. The highest BCUT2D eigenvalue weighted by Gasteiger charge is 2.10. The molecule has 0 fully saturated rings. The number of halogens is 2. The smallest absolute Gasteiger partial charge is 0.0511 e. The van der Waals surface area contributed by atoms with Gasteiger partial charge in [0.1, 0.15) is 0 Å². The molecule has 0 aliphatic carbocycles. The molecule has 0 aromatic heterocycles. The van der Waals surface area contributed by atoms with Gasteiger partial charge in [0.15, 0.2) is 0 Å². The van der Waals surface area contributed by atoms with Gasteiger partial charge in [-0.2, -0.15) is 0 Å². The molecule has 1 N–H and O–H groups in total. The number of aryl methyl sites for hydroxylation is 1. The Morgan fingerprint density at radius 1 is 1.16 bits per heavy atom. The number of rotatable bonds is 4. The summed E-state index contributed by atoms with van der Waals surface area (Å²) in [5, 5.41) is 4.37. The van der Waals surface area contributed by atoms with Crippen molar-refractivity contribution >= 4 is 33.2 Å². The van der Waals surface area contributed by atoms with Crippen molar-refractivity contribution in [3.05, 3.63) is 63.1 Å². The molecule has 1 unspecified atom stereocenters. The number of hydrogen-bond acceptors (Lipinski definition) is 1. The van der Waals surface area contributed by atoms with Crippen LogP contribution in [0.2, 0.25) is 5.02 Å². The van der Waals surface area contributed by atoms with Crippen LogP contribution in [0.3, 0.4) is 0 Å². The molecule has 2 aromatic rings. The first-order valence-corrected chi connectivity index (χ1v) is 7.55. The SMILES string of the molecule is CCC(Nc1ccc(Br)cc1C)c1ccc(Cl)cc1. The number of nitrogens with one attached hydrogen (secondary N) is 1. The minimum absolute atomic E-state index is 0.303. The summed E-state index contributed by atoms with van der Waals surface area (Å²) < 4.78 is 1.11. The molecule has 2 rings (SSSR count). The van der Waals surface area contributed by atoms with Crippen LogP contribution >= 0.6 is 27.5 Å². The Bertz CT molecular complexity index is 551. The van der Waals surface area contributed by atoms with Crippen molar-refractivity contribution < 1.29 is 0 Å². The van der Waals surface area contributed by atoms with Crippen LogP contribution in [0.1, 0.15) is 30.5 Å². The molecule has 0 radical (unpaired) electrons. The van der Waals surface area contributed by atoms with E-state index in [9.17, 15) is 0 Å². The van der Waals surface area contributed by atoms with Crippen molar-refractivity contribution in [3.63, 3.8) is 0 Å². The van der Waals surface area contributed by atoms with Gasteiger partial charge in [-0.3, -0.25) is 0 Å². The van der Waals surface area contributed by atoms with Crippen LogP contribution < -0.4 is 5.32 Å². The van der Waals surface area contributed by atoms with Gasteiger partial charge in [0.2, 0.25) is 0 Å². The maximum absolute atomic E-state index is 5.94. The van der Waals surface area contributed by atoms with E-state index in [-0.39, 0.29) is 0 Å². The Labute approximate surface area is 128 Å². The van der Waals surface area contributed by atoms with E-state index in [1.807, 2.05) is 12.1 Å². The van der Waals surface area contributed by atoms with Gasteiger partial charge in [-0.1, -0.05) is 46.6 Å². The fourth-order valence-electron chi connectivity index (χ4n) is 2.09. The van der Waals surface area contributed by atoms with E-state index in [0.717, 1.165) is 15.9 Å². The van der Waals surface area contributed by atoms with Crippen molar-refractivity contribution in [2.24, 2.45) is 0 Å². The van der Waals surface area contributed by atoms with Crippen LogP contribution in [-0.4, -0.2) is 0 Å². The second-order valence-corrected chi connectivity index (χ2v) is 5.97. The first-order chi connectivity index (χ1) is 9.10. The number of anilines is 1. The van der Waals surface area contributed by atoms with Gasteiger partial charge >= 0.3 is 0 Å². The molecule has 0 spiro atoms. The standard InChI is InChI=1S/C16H17BrClN/c1-3-15(12-4-7-14(18)8-5-12)19-16-9-6-13(17)10-11(16)2/h4-10,15,19H,3H2,1-2H3. The molecule has 3 heteroatoms. The van der Waals surface area contributed by atoms with Crippen molar-refractivity contribution in [2.75, 3.05) is 5.32 Å². The molecule has 0 aliphatic heterocycles. The summed E-state index contributed by atoms with van der Waals surface area (Å²) in [6, 6.07) is 14.6. The topological polar surface area (TPSA) is 12.0 Å². The molecule has 0 bridgehead atoms. The largest absolute Gasteiger partial charge is 0.378 e. The summed E-state index contributed by atoms with van der Waals surface area (Å²) in [5.41, 5.74) is 3.67. The summed E-state index contributed by atoms with van der Waals surface area (Å²) in [6.45, 7) is 4.29. The van der Waals surface area contributed by atoms with Crippen LogP contribution in [0.5, 0.6) is 0 Å². The normalized spacial score (nSPS) is 12.2. The predicted molar refractivity (Wildman–Crippen MR) is 87.0 cm³/mol. The zero-order valence-corrected chi connectivity index (χ0v) is 13.4. The highest BCUT2D eigenvalue weighted by atomic mass is 79.9. The van der Waals surface area contributed by atoms with Gasteiger partial charge in [-0.05, 0) is 54.8 Å². The highest BCUT2D eigenvalue weighted by molar-refractivity contribution is 9.10. The molecule has 100 valence electrons. The second-order valence-electron chi connectivity index (χ2n) is 4.62. The van der Waals surface area contributed by atoms with E-state index in [2.05, 4.69) is 65.4 Å². The lowest BCUT2D eigenvalue weighted by Gasteiger charge is -2.20. The average molecular weight is 339 g/mol. The van der Waals surface area contributed by atoms with Crippen molar-refractivity contribution in [1.82, 2.24) is 0 Å². The van der Waals surface area contributed by atoms with Gasteiger partial charge in [0.05, 0.1) is 6.04 Å². The van der Waals surface area contributed by atoms with E-state index in [1.54, 1.807) is 0 Å². The summed E-state index contributed by atoms with van der Waals surface area (Å²) in [6.07, 6.45) is 1.02. The number of benzene rings is 2. The van der Waals surface area contributed by atoms with Gasteiger partial charge in [-0.25, -0.2) is 0 Å². The molecule has 0 amide bonds. The summed E-state index contributed by atoms with van der Waals surface area (Å²) >= 11 is 9.43. The highest BCUT2D eigenvalue weighted by Crippen LogP contribution is 2.27. The Morgan fingerprint density at radius 3 is 2.42 bits per heavy atom. The lowest BCUT2D eigenvalue weighted by molar-refractivity contribution is 0.748. The zero-order chi connectivity index (χ0) is 13.8. The first kappa shape index (κ1) is 14.4.